The van der Waals surface area contributed by atoms with E-state index in [1.165, 1.54) is 32.2 Å². The molecule has 8 heteroatoms. The van der Waals surface area contributed by atoms with Crippen molar-refractivity contribution in [1.29, 1.82) is 0 Å². The molecular weight excluding hydrogens is 328 g/mol. The molecule has 0 aliphatic carbocycles. The van der Waals surface area contributed by atoms with E-state index in [0.29, 0.717) is 11.4 Å². The van der Waals surface area contributed by atoms with E-state index in [9.17, 15) is 19.7 Å². The molecule has 0 fully saturated rings. The van der Waals surface area contributed by atoms with Gasteiger partial charge in [-0.25, -0.2) is 4.79 Å². The lowest BCUT2D eigenvalue weighted by Gasteiger charge is -2.14. The van der Waals surface area contributed by atoms with E-state index < -0.39 is 22.9 Å². The number of benzene rings is 2. The number of carbonyl (C=O) groups excluding carboxylic acids is 2. The van der Waals surface area contributed by atoms with Gasteiger partial charge in [-0.2, -0.15) is 0 Å². The average Bonchev–Trinajstić information content (AvgIpc) is 2.61. The van der Waals surface area contributed by atoms with Crippen LogP contribution in [0.2, 0.25) is 0 Å². The van der Waals surface area contributed by atoms with Gasteiger partial charge in [-0.1, -0.05) is 12.1 Å². The highest BCUT2D eigenvalue weighted by atomic mass is 16.6. The van der Waals surface area contributed by atoms with Crippen molar-refractivity contribution in [1.82, 2.24) is 0 Å². The first-order valence-electron chi connectivity index (χ1n) is 7.31. The normalized spacial score (nSPS) is 11.3. The van der Waals surface area contributed by atoms with Gasteiger partial charge < -0.3 is 14.8 Å². The summed E-state index contributed by atoms with van der Waals surface area (Å²) in [5, 5.41) is 13.3. The van der Waals surface area contributed by atoms with Crippen molar-refractivity contribution in [3.8, 4) is 5.75 Å². The Balaban J connectivity index is 2.01. The third-order valence-corrected chi connectivity index (χ3v) is 3.28. The average molecular weight is 344 g/mol. The van der Waals surface area contributed by atoms with Gasteiger partial charge in [0.1, 0.15) is 5.75 Å². The first-order valence-corrected chi connectivity index (χ1v) is 7.31. The molecule has 1 N–H and O–H groups in total. The lowest BCUT2D eigenvalue weighted by molar-refractivity contribution is -0.384. The molecule has 25 heavy (non-hydrogen) atoms. The quantitative estimate of drug-likeness (QED) is 0.490. The molecule has 0 unspecified atom stereocenters. The standard InChI is InChI=1S/C17H16N2O6/c1-11(16(20)18-13-6-4-8-15(10-13)24-2)25-17(21)12-5-3-7-14(9-12)19(22)23/h3-11H,1-2H3,(H,18,20)/t11-/m0/s1. The minimum Gasteiger partial charge on any atom is -0.497 e. The van der Waals surface area contributed by atoms with Gasteiger partial charge in [-0.15, -0.1) is 0 Å². The van der Waals surface area contributed by atoms with Crippen LogP contribution in [0.25, 0.3) is 0 Å². The van der Waals surface area contributed by atoms with Crippen LogP contribution in [0.1, 0.15) is 17.3 Å². The van der Waals surface area contributed by atoms with Crippen LogP contribution in [0, 0.1) is 10.1 Å². The predicted octanol–water partition coefficient (Wildman–Crippen LogP) is 2.79. The highest BCUT2D eigenvalue weighted by Gasteiger charge is 2.20. The van der Waals surface area contributed by atoms with Gasteiger partial charge in [0.2, 0.25) is 0 Å². The molecule has 2 aromatic carbocycles. The van der Waals surface area contributed by atoms with Crippen molar-refractivity contribution in [2.45, 2.75) is 13.0 Å². The van der Waals surface area contributed by atoms with E-state index in [2.05, 4.69) is 5.32 Å². The van der Waals surface area contributed by atoms with E-state index in [4.69, 9.17) is 9.47 Å². The Morgan fingerprint density at radius 2 is 1.88 bits per heavy atom. The summed E-state index contributed by atoms with van der Waals surface area (Å²) in [6.07, 6.45) is -1.09. The van der Waals surface area contributed by atoms with Crippen LogP contribution >= 0.6 is 0 Å². The maximum absolute atomic E-state index is 12.1. The number of carbonyl (C=O) groups is 2. The molecule has 130 valence electrons. The summed E-state index contributed by atoms with van der Waals surface area (Å²) in [6.45, 7) is 1.41. The second-order valence-corrected chi connectivity index (χ2v) is 5.08. The van der Waals surface area contributed by atoms with Crippen LogP contribution in [-0.2, 0) is 9.53 Å². The van der Waals surface area contributed by atoms with Crippen molar-refractivity contribution in [2.24, 2.45) is 0 Å². The third-order valence-electron chi connectivity index (χ3n) is 3.28. The SMILES string of the molecule is COc1cccc(NC(=O)[C@H](C)OC(=O)c2cccc([N+](=O)[O-])c2)c1. The Kier molecular flexibility index (Phi) is 5.67. The minimum atomic E-state index is -1.09. The largest absolute Gasteiger partial charge is 0.497 e. The Morgan fingerprint density at radius 3 is 2.56 bits per heavy atom. The van der Waals surface area contributed by atoms with Gasteiger partial charge in [0.25, 0.3) is 11.6 Å². The molecule has 2 rings (SSSR count). The van der Waals surface area contributed by atoms with Crippen LogP contribution in [-0.4, -0.2) is 30.0 Å². The molecule has 0 saturated heterocycles. The summed E-state index contributed by atoms with van der Waals surface area (Å²) in [4.78, 5) is 34.3. The zero-order chi connectivity index (χ0) is 18.4. The fourth-order valence-corrected chi connectivity index (χ4v) is 1.97. The fraction of sp³-hybridized carbons (Fsp3) is 0.176. The van der Waals surface area contributed by atoms with E-state index in [-0.39, 0.29) is 11.3 Å². The highest BCUT2D eigenvalue weighted by Crippen LogP contribution is 2.18. The summed E-state index contributed by atoms with van der Waals surface area (Å²) in [7, 11) is 1.50. The summed E-state index contributed by atoms with van der Waals surface area (Å²) >= 11 is 0. The maximum atomic E-state index is 12.1. The summed E-state index contributed by atoms with van der Waals surface area (Å²) in [5.74, 6) is -0.789. The summed E-state index contributed by atoms with van der Waals surface area (Å²) in [5.41, 5.74) is 0.251. The Bertz CT molecular complexity index is 805. The molecule has 0 spiro atoms. The number of nitro groups is 1. The molecule has 8 nitrogen and oxygen atoms in total. The fourth-order valence-electron chi connectivity index (χ4n) is 1.97. The number of esters is 1. The molecule has 0 saturated carbocycles. The Hall–Kier alpha value is -3.42. The summed E-state index contributed by atoms with van der Waals surface area (Å²) < 4.78 is 10.1. The molecule has 0 aliphatic rings. The minimum absolute atomic E-state index is 0.00442. The molecular formula is C17H16N2O6. The van der Waals surface area contributed by atoms with E-state index in [1.807, 2.05) is 0 Å². The van der Waals surface area contributed by atoms with Gasteiger partial charge in [-0.05, 0) is 25.1 Å². The van der Waals surface area contributed by atoms with Crippen LogP contribution < -0.4 is 10.1 Å². The van der Waals surface area contributed by atoms with Gasteiger partial charge in [0.15, 0.2) is 6.10 Å². The number of amides is 1. The molecule has 0 bridgehead atoms. The van der Waals surface area contributed by atoms with Crippen molar-refractivity contribution >= 4 is 23.3 Å². The Morgan fingerprint density at radius 1 is 1.16 bits per heavy atom. The van der Waals surface area contributed by atoms with Crippen LogP contribution in [0.3, 0.4) is 0 Å². The van der Waals surface area contributed by atoms with E-state index in [0.717, 1.165) is 6.07 Å². The zero-order valence-corrected chi connectivity index (χ0v) is 13.6. The molecule has 0 radical (unpaired) electrons. The number of nitro benzene ring substituents is 1. The third kappa shape index (κ3) is 4.77. The Labute approximate surface area is 143 Å². The van der Waals surface area contributed by atoms with Gasteiger partial charge in [0, 0.05) is 23.9 Å². The van der Waals surface area contributed by atoms with E-state index in [1.54, 1.807) is 24.3 Å². The topological polar surface area (TPSA) is 108 Å². The number of nitrogens with zero attached hydrogens (tertiary/aromatic N) is 1. The lowest BCUT2D eigenvalue weighted by atomic mass is 10.2. The van der Waals surface area contributed by atoms with Crippen molar-refractivity contribution < 1.29 is 24.0 Å². The van der Waals surface area contributed by atoms with E-state index >= 15 is 0 Å². The van der Waals surface area contributed by atoms with Gasteiger partial charge in [-0.3, -0.25) is 14.9 Å². The van der Waals surface area contributed by atoms with Gasteiger partial charge >= 0.3 is 5.97 Å². The second kappa shape index (κ2) is 7.91. The number of methoxy groups -OCH3 is 1. The monoisotopic (exact) mass is 344 g/mol. The molecule has 0 heterocycles. The first kappa shape index (κ1) is 17.9. The summed E-state index contributed by atoms with van der Waals surface area (Å²) in [6, 6.07) is 11.8. The lowest BCUT2D eigenvalue weighted by Crippen LogP contribution is -2.30. The second-order valence-electron chi connectivity index (χ2n) is 5.08. The van der Waals surface area contributed by atoms with Crippen molar-refractivity contribution in [3.05, 3.63) is 64.2 Å². The van der Waals surface area contributed by atoms with Crippen molar-refractivity contribution in [2.75, 3.05) is 12.4 Å². The number of non-ortho nitro benzene ring substituents is 1. The van der Waals surface area contributed by atoms with Crippen LogP contribution in [0.4, 0.5) is 11.4 Å². The molecule has 0 aromatic heterocycles. The number of hydrogen-bond donors (Lipinski definition) is 1. The number of ether oxygens (including phenoxy) is 2. The molecule has 2 aromatic rings. The van der Waals surface area contributed by atoms with Crippen molar-refractivity contribution in [3.63, 3.8) is 0 Å². The van der Waals surface area contributed by atoms with Gasteiger partial charge in [0.05, 0.1) is 17.6 Å². The predicted molar refractivity (Wildman–Crippen MR) is 89.6 cm³/mol. The molecule has 1 amide bonds. The smallest absolute Gasteiger partial charge is 0.339 e. The number of anilines is 1. The molecule has 0 aliphatic heterocycles. The maximum Gasteiger partial charge on any atom is 0.339 e. The highest BCUT2D eigenvalue weighted by molar-refractivity contribution is 5.97. The number of nitrogens with one attached hydrogen (secondary N) is 1. The number of hydrogen-bond acceptors (Lipinski definition) is 6. The molecule has 1 atom stereocenters. The van der Waals surface area contributed by atoms with Crippen LogP contribution in [0.5, 0.6) is 5.75 Å². The number of rotatable bonds is 6. The zero-order valence-electron chi connectivity index (χ0n) is 13.6. The van der Waals surface area contributed by atoms with Crippen LogP contribution in [0.15, 0.2) is 48.5 Å². The first-order chi connectivity index (χ1) is 11.9.